The standard InChI is InChI=1S/C21H26N4O3/c1-4-27-14(2)21-23-20(28-24-21)13-25-9-7-15(8-10-25)18-12-22-19-6-5-16(26-3)11-17(18)19/h5-7,11-12,14,22H,4,8-10,13H2,1-3H3. The molecule has 0 spiro atoms. The number of hydrogen-bond donors (Lipinski definition) is 1. The first kappa shape index (κ1) is 18.7. The monoisotopic (exact) mass is 382 g/mol. The van der Waals surface area contributed by atoms with Crippen molar-refractivity contribution in [2.75, 3.05) is 26.8 Å². The summed E-state index contributed by atoms with van der Waals surface area (Å²) in [6.07, 6.45) is 5.20. The largest absolute Gasteiger partial charge is 0.497 e. The van der Waals surface area contributed by atoms with Crippen LogP contribution < -0.4 is 4.74 Å². The number of nitrogens with zero attached hydrogens (tertiary/aromatic N) is 3. The molecule has 148 valence electrons. The number of ether oxygens (including phenoxy) is 2. The minimum atomic E-state index is -0.144. The van der Waals surface area contributed by atoms with Gasteiger partial charge in [-0.25, -0.2) is 0 Å². The maximum atomic E-state index is 5.52. The minimum absolute atomic E-state index is 0.144. The maximum absolute atomic E-state index is 5.52. The van der Waals surface area contributed by atoms with Gasteiger partial charge in [0.15, 0.2) is 5.82 Å². The molecule has 2 aromatic heterocycles. The van der Waals surface area contributed by atoms with Crippen molar-refractivity contribution in [1.29, 1.82) is 0 Å². The van der Waals surface area contributed by atoms with E-state index in [1.807, 2.05) is 19.9 Å². The fraction of sp³-hybridized carbons (Fsp3) is 0.429. The number of aromatic nitrogens is 3. The lowest BCUT2D eigenvalue weighted by Gasteiger charge is -2.24. The molecule has 1 aliphatic heterocycles. The van der Waals surface area contributed by atoms with Crippen molar-refractivity contribution < 1.29 is 14.0 Å². The third kappa shape index (κ3) is 3.81. The van der Waals surface area contributed by atoms with Gasteiger partial charge in [-0.05, 0) is 44.0 Å². The molecule has 0 saturated heterocycles. The lowest BCUT2D eigenvalue weighted by molar-refractivity contribution is 0.0683. The highest BCUT2D eigenvalue weighted by molar-refractivity contribution is 5.93. The lowest BCUT2D eigenvalue weighted by atomic mass is 9.99. The molecule has 1 unspecified atom stereocenters. The average Bonchev–Trinajstić information content (AvgIpc) is 3.35. The molecular formula is C21H26N4O3. The molecule has 0 bridgehead atoms. The summed E-state index contributed by atoms with van der Waals surface area (Å²) < 4.78 is 16.3. The van der Waals surface area contributed by atoms with Crippen LogP contribution in [0.1, 0.15) is 43.7 Å². The molecule has 1 aromatic carbocycles. The molecule has 0 saturated carbocycles. The van der Waals surface area contributed by atoms with E-state index in [1.165, 1.54) is 16.5 Å². The van der Waals surface area contributed by atoms with Crippen LogP contribution in [0, 0.1) is 0 Å². The van der Waals surface area contributed by atoms with Crippen LogP contribution in [0.15, 0.2) is 35.0 Å². The quantitative estimate of drug-likeness (QED) is 0.667. The lowest BCUT2D eigenvalue weighted by Crippen LogP contribution is -2.28. The molecule has 4 rings (SSSR count). The highest BCUT2D eigenvalue weighted by Gasteiger charge is 2.19. The molecule has 3 aromatic rings. The average molecular weight is 382 g/mol. The zero-order valence-corrected chi connectivity index (χ0v) is 16.6. The molecule has 1 aliphatic rings. The fourth-order valence-corrected chi connectivity index (χ4v) is 3.61. The Bertz CT molecular complexity index is 975. The van der Waals surface area contributed by atoms with E-state index in [0.29, 0.717) is 24.9 Å². The summed E-state index contributed by atoms with van der Waals surface area (Å²) in [5.41, 5.74) is 3.73. The van der Waals surface area contributed by atoms with Crippen LogP contribution in [0.5, 0.6) is 5.75 Å². The van der Waals surface area contributed by atoms with Gasteiger partial charge in [-0.1, -0.05) is 11.2 Å². The number of benzene rings is 1. The summed E-state index contributed by atoms with van der Waals surface area (Å²) in [6.45, 7) is 6.97. The SMILES string of the molecule is CCOC(C)c1noc(CN2CC=C(c3c[nH]c4ccc(OC)cc34)CC2)n1. The van der Waals surface area contributed by atoms with E-state index in [1.54, 1.807) is 7.11 Å². The third-order valence-corrected chi connectivity index (χ3v) is 5.15. The van der Waals surface area contributed by atoms with E-state index >= 15 is 0 Å². The van der Waals surface area contributed by atoms with Gasteiger partial charge in [0, 0.05) is 42.4 Å². The van der Waals surface area contributed by atoms with Gasteiger partial charge in [-0.15, -0.1) is 0 Å². The second kappa shape index (κ2) is 8.16. The number of H-pyrrole nitrogens is 1. The van der Waals surface area contributed by atoms with Gasteiger partial charge >= 0.3 is 0 Å². The Morgan fingerprint density at radius 1 is 1.36 bits per heavy atom. The second-order valence-corrected chi connectivity index (χ2v) is 6.97. The second-order valence-electron chi connectivity index (χ2n) is 6.97. The number of rotatable bonds is 7. The normalized spacial score (nSPS) is 16.3. The molecule has 7 nitrogen and oxygen atoms in total. The first-order valence-corrected chi connectivity index (χ1v) is 9.69. The van der Waals surface area contributed by atoms with Crippen molar-refractivity contribution in [2.24, 2.45) is 0 Å². The number of methoxy groups -OCH3 is 1. The van der Waals surface area contributed by atoms with Crippen LogP contribution in [-0.4, -0.2) is 46.8 Å². The zero-order chi connectivity index (χ0) is 19.5. The van der Waals surface area contributed by atoms with Crippen molar-refractivity contribution in [3.63, 3.8) is 0 Å². The van der Waals surface area contributed by atoms with E-state index in [-0.39, 0.29) is 6.10 Å². The number of fused-ring (bicyclic) bond motifs is 1. The highest BCUT2D eigenvalue weighted by atomic mass is 16.5. The van der Waals surface area contributed by atoms with Gasteiger partial charge in [-0.3, -0.25) is 4.90 Å². The summed E-state index contributed by atoms with van der Waals surface area (Å²) in [5, 5.41) is 5.24. The van der Waals surface area contributed by atoms with Gasteiger partial charge in [0.2, 0.25) is 5.89 Å². The van der Waals surface area contributed by atoms with Gasteiger partial charge in [0.25, 0.3) is 0 Å². The summed E-state index contributed by atoms with van der Waals surface area (Å²) in [5.74, 6) is 2.12. The third-order valence-electron chi connectivity index (χ3n) is 5.15. The Balaban J connectivity index is 1.44. The van der Waals surface area contributed by atoms with Crippen LogP contribution in [-0.2, 0) is 11.3 Å². The number of hydrogen-bond acceptors (Lipinski definition) is 6. The number of nitrogens with one attached hydrogen (secondary N) is 1. The first-order chi connectivity index (χ1) is 13.7. The van der Waals surface area contributed by atoms with E-state index in [4.69, 9.17) is 14.0 Å². The Morgan fingerprint density at radius 2 is 2.25 bits per heavy atom. The smallest absolute Gasteiger partial charge is 0.240 e. The van der Waals surface area contributed by atoms with Crippen LogP contribution in [0.2, 0.25) is 0 Å². The molecule has 28 heavy (non-hydrogen) atoms. The highest BCUT2D eigenvalue weighted by Crippen LogP contribution is 2.31. The molecule has 7 heteroatoms. The molecule has 0 amide bonds. The van der Waals surface area contributed by atoms with Crippen LogP contribution in [0.4, 0.5) is 0 Å². The summed E-state index contributed by atoms with van der Waals surface area (Å²) in [6, 6.07) is 6.13. The van der Waals surface area contributed by atoms with Gasteiger partial charge in [-0.2, -0.15) is 4.98 Å². The van der Waals surface area contributed by atoms with Gasteiger partial charge in [0.1, 0.15) is 11.9 Å². The van der Waals surface area contributed by atoms with Crippen molar-refractivity contribution in [1.82, 2.24) is 20.0 Å². The Hall–Kier alpha value is -2.64. The van der Waals surface area contributed by atoms with E-state index < -0.39 is 0 Å². The summed E-state index contributed by atoms with van der Waals surface area (Å²) in [4.78, 5) is 10.1. The Labute approximate surface area is 164 Å². The Kier molecular flexibility index (Phi) is 5.45. The Morgan fingerprint density at radius 3 is 3.00 bits per heavy atom. The predicted octanol–water partition coefficient (Wildman–Crippen LogP) is 3.95. The van der Waals surface area contributed by atoms with Gasteiger partial charge in [0.05, 0.1) is 13.7 Å². The van der Waals surface area contributed by atoms with E-state index in [0.717, 1.165) is 30.8 Å². The topological polar surface area (TPSA) is 76.4 Å². The minimum Gasteiger partial charge on any atom is -0.497 e. The van der Waals surface area contributed by atoms with Crippen molar-refractivity contribution in [3.8, 4) is 5.75 Å². The molecular weight excluding hydrogens is 356 g/mol. The predicted molar refractivity (Wildman–Crippen MR) is 107 cm³/mol. The summed E-state index contributed by atoms with van der Waals surface area (Å²) in [7, 11) is 1.70. The van der Waals surface area contributed by atoms with Crippen molar-refractivity contribution in [3.05, 3.63) is 47.8 Å². The molecule has 1 N–H and O–H groups in total. The summed E-state index contributed by atoms with van der Waals surface area (Å²) >= 11 is 0. The molecule has 3 heterocycles. The molecule has 0 radical (unpaired) electrons. The zero-order valence-electron chi connectivity index (χ0n) is 16.6. The van der Waals surface area contributed by atoms with E-state index in [2.05, 4.69) is 44.4 Å². The van der Waals surface area contributed by atoms with Crippen molar-refractivity contribution >= 4 is 16.5 Å². The molecule has 0 fully saturated rings. The maximum Gasteiger partial charge on any atom is 0.240 e. The number of aromatic amines is 1. The van der Waals surface area contributed by atoms with Crippen LogP contribution >= 0.6 is 0 Å². The fourth-order valence-electron chi connectivity index (χ4n) is 3.61. The van der Waals surface area contributed by atoms with E-state index in [9.17, 15) is 0 Å². The first-order valence-electron chi connectivity index (χ1n) is 9.69. The molecule has 0 aliphatic carbocycles. The van der Waals surface area contributed by atoms with Gasteiger partial charge < -0.3 is 19.0 Å². The molecule has 1 atom stereocenters. The van der Waals surface area contributed by atoms with Crippen LogP contribution in [0.25, 0.3) is 16.5 Å². The van der Waals surface area contributed by atoms with Crippen LogP contribution in [0.3, 0.4) is 0 Å². The van der Waals surface area contributed by atoms with Crippen molar-refractivity contribution in [2.45, 2.75) is 32.9 Å².